The molecule has 0 spiro atoms. The molecule has 0 aromatic carbocycles. The Morgan fingerprint density at radius 2 is 2.29 bits per heavy atom. The van der Waals surface area contributed by atoms with Gasteiger partial charge >= 0.3 is 0 Å². The molecule has 1 atom stereocenters. The lowest BCUT2D eigenvalue weighted by atomic mass is 10.2. The average Bonchev–Trinajstić information content (AvgIpc) is 2.85. The van der Waals surface area contributed by atoms with E-state index in [1.54, 1.807) is 0 Å². The van der Waals surface area contributed by atoms with Crippen molar-refractivity contribution in [3.05, 3.63) is 21.4 Å². The second kappa shape index (κ2) is 5.98. The van der Waals surface area contributed by atoms with Crippen molar-refractivity contribution in [1.29, 1.82) is 0 Å². The second-order valence-electron chi connectivity index (χ2n) is 5.13. The highest BCUT2D eigenvalue weighted by Crippen LogP contribution is 2.23. The maximum atomic E-state index is 3.63. The first-order valence-corrected chi connectivity index (χ1v) is 7.52. The summed E-state index contributed by atoms with van der Waals surface area (Å²) in [6.45, 7) is 11.4. The van der Waals surface area contributed by atoms with Gasteiger partial charge in [-0.1, -0.05) is 6.92 Å². The Kier molecular flexibility index (Phi) is 4.60. The molecule has 1 saturated heterocycles. The van der Waals surface area contributed by atoms with Crippen LogP contribution in [-0.4, -0.2) is 30.6 Å². The molecule has 1 N–H and O–H groups in total. The van der Waals surface area contributed by atoms with Crippen LogP contribution in [0.2, 0.25) is 0 Å². The van der Waals surface area contributed by atoms with Crippen LogP contribution in [0, 0.1) is 13.8 Å². The zero-order chi connectivity index (χ0) is 12.3. The molecule has 17 heavy (non-hydrogen) atoms. The van der Waals surface area contributed by atoms with Crippen LogP contribution in [0.1, 0.15) is 35.1 Å². The van der Waals surface area contributed by atoms with Crippen molar-refractivity contribution in [2.75, 3.05) is 19.6 Å². The molecule has 2 nitrogen and oxygen atoms in total. The average molecular weight is 252 g/mol. The van der Waals surface area contributed by atoms with Crippen molar-refractivity contribution in [3.63, 3.8) is 0 Å². The van der Waals surface area contributed by atoms with Gasteiger partial charge in [-0.25, -0.2) is 0 Å². The number of aryl methyl sites for hydroxylation is 2. The molecule has 0 radical (unpaired) electrons. The summed E-state index contributed by atoms with van der Waals surface area (Å²) in [5.74, 6) is 0. The standard InChI is InChI=1S/C14H24N2S/c1-4-6-15-13-5-7-16(9-13)10-14-8-11(2)12(3)17-14/h8,13,15H,4-7,9-10H2,1-3H3. The number of hydrogen-bond acceptors (Lipinski definition) is 3. The lowest BCUT2D eigenvalue weighted by molar-refractivity contribution is 0.323. The minimum atomic E-state index is 0.720. The highest BCUT2D eigenvalue weighted by molar-refractivity contribution is 7.12. The highest BCUT2D eigenvalue weighted by Gasteiger charge is 2.22. The van der Waals surface area contributed by atoms with Crippen LogP contribution in [-0.2, 0) is 6.54 Å². The minimum absolute atomic E-state index is 0.720. The van der Waals surface area contributed by atoms with Crippen LogP contribution >= 0.6 is 11.3 Å². The van der Waals surface area contributed by atoms with Crippen molar-refractivity contribution < 1.29 is 0 Å². The Morgan fingerprint density at radius 1 is 1.47 bits per heavy atom. The Morgan fingerprint density at radius 3 is 2.94 bits per heavy atom. The molecular weight excluding hydrogens is 228 g/mol. The van der Waals surface area contributed by atoms with E-state index in [2.05, 4.69) is 37.1 Å². The van der Waals surface area contributed by atoms with E-state index in [0.717, 1.165) is 19.1 Å². The van der Waals surface area contributed by atoms with E-state index >= 15 is 0 Å². The third kappa shape index (κ3) is 3.54. The summed E-state index contributed by atoms with van der Waals surface area (Å²) in [5.41, 5.74) is 1.45. The number of likely N-dealkylation sites (tertiary alicyclic amines) is 1. The zero-order valence-corrected chi connectivity index (χ0v) is 12.1. The summed E-state index contributed by atoms with van der Waals surface area (Å²) < 4.78 is 0. The summed E-state index contributed by atoms with van der Waals surface area (Å²) in [6.07, 6.45) is 2.54. The SMILES string of the molecule is CCCNC1CCN(Cc2cc(C)c(C)s2)C1. The van der Waals surface area contributed by atoms with Crippen molar-refractivity contribution in [2.45, 2.75) is 46.2 Å². The monoisotopic (exact) mass is 252 g/mol. The lowest BCUT2D eigenvalue weighted by Gasteiger charge is -2.15. The fourth-order valence-corrected chi connectivity index (χ4v) is 3.54. The maximum Gasteiger partial charge on any atom is 0.0328 e. The van der Waals surface area contributed by atoms with Crippen LogP contribution in [0.5, 0.6) is 0 Å². The molecule has 1 aromatic rings. The highest BCUT2D eigenvalue weighted by atomic mass is 32.1. The molecule has 1 aliphatic rings. The molecule has 0 bridgehead atoms. The molecule has 1 unspecified atom stereocenters. The smallest absolute Gasteiger partial charge is 0.0328 e. The maximum absolute atomic E-state index is 3.63. The molecule has 1 aromatic heterocycles. The number of rotatable bonds is 5. The Balaban J connectivity index is 1.81. The normalized spacial score (nSPS) is 21.2. The molecule has 0 aliphatic carbocycles. The van der Waals surface area contributed by atoms with Crippen LogP contribution in [0.15, 0.2) is 6.07 Å². The van der Waals surface area contributed by atoms with E-state index in [1.807, 2.05) is 11.3 Å². The lowest BCUT2D eigenvalue weighted by Crippen LogP contribution is -2.32. The molecule has 2 rings (SSSR count). The zero-order valence-electron chi connectivity index (χ0n) is 11.3. The number of thiophene rings is 1. The molecule has 1 aliphatic heterocycles. The van der Waals surface area contributed by atoms with Gasteiger partial charge in [-0.05, 0) is 44.9 Å². The van der Waals surface area contributed by atoms with E-state index in [1.165, 1.54) is 41.2 Å². The second-order valence-corrected chi connectivity index (χ2v) is 6.47. The van der Waals surface area contributed by atoms with Gasteiger partial charge in [-0.2, -0.15) is 0 Å². The minimum Gasteiger partial charge on any atom is -0.313 e. The van der Waals surface area contributed by atoms with E-state index in [9.17, 15) is 0 Å². The van der Waals surface area contributed by atoms with Crippen LogP contribution in [0.3, 0.4) is 0 Å². The molecule has 96 valence electrons. The van der Waals surface area contributed by atoms with Gasteiger partial charge < -0.3 is 5.32 Å². The van der Waals surface area contributed by atoms with Crippen LogP contribution in [0.25, 0.3) is 0 Å². The Hall–Kier alpha value is -0.380. The fourth-order valence-electron chi connectivity index (χ4n) is 2.44. The predicted molar refractivity (Wildman–Crippen MR) is 75.8 cm³/mol. The first-order valence-electron chi connectivity index (χ1n) is 6.70. The van der Waals surface area contributed by atoms with Gasteiger partial charge in [0.15, 0.2) is 0 Å². The third-order valence-electron chi connectivity index (χ3n) is 3.55. The number of nitrogens with zero attached hydrogens (tertiary/aromatic N) is 1. The van der Waals surface area contributed by atoms with Gasteiger partial charge in [0.1, 0.15) is 0 Å². The summed E-state index contributed by atoms with van der Waals surface area (Å²) in [7, 11) is 0. The van der Waals surface area contributed by atoms with Crippen molar-refractivity contribution >= 4 is 11.3 Å². The fraction of sp³-hybridized carbons (Fsp3) is 0.714. The van der Waals surface area contributed by atoms with Gasteiger partial charge in [0.2, 0.25) is 0 Å². The predicted octanol–water partition coefficient (Wildman–Crippen LogP) is 2.94. The van der Waals surface area contributed by atoms with Crippen molar-refractivity contribution in [3.8, 4) is 0 Å². The molecule has 0 amide bonds. The Bertz CT molecular complexity index is 340. The van der Waals surface area contributed by atoms with E-state index in [-0.39, 0.29) is 0 Å². The van der Waals surface area contributed by atoms with Crippen LogP contribution in [0.4, 0.5) is 0 Å². The summed E-state index contributed by atoms with van der Waals surface area (Å²) in [6, 6.07) is 3.07. The first kappa shape index (κ1) is 13.1. The van der Waals surface area contributed by atoms with Crippen LogP contribution < -0.4 is 5.32 Å². The number of hydrogen-bond donors (Lipinski definition) is 1. The Labute approximate surface area is 109 Å². The van der Waals surface area contributed by atoms with Crippen molar-refractivity contribution in [2.24, 2.45) is 0 Å². The molecule has 3 heteroatoms. The van der Waals surface area contributed by atoms with E-state index in [0.29, 0.717) is 0 Å². The van der Waals surface area contributed by atoms with Gasteiger partial charge in [0.25, 0.3) is 0 Å². The van der Waals surface area contributed by atoms with Gasteiger partial charge in [0.05, 0.1) is 0 Å². The molecule has 2 heterocycles. The van der Waals surface area contributed by atoms with Gasteiger partial charge in [0, 0.05) is 35.4 Å². The topological polar surface area (TPSA) is 15.3 Å². The van der Waals surface area contributed by atoms with Gasteiger partial charge in [-0.15, -0.1) is 11.3 Å². The quantitative estimate of drug-likeness (QED) is 0.867. The molecule has 1 fully saturated rings. The summed E-state index contributed by atoms with van der Waals surface area (Å²) >= 11 is 1.96. The summed E-state index contributed by atoms with van der Waals surface area (Å²) in [4.78, 5) is 5.58. The third-order valence-corrected chi connectivity index (χ3v) is 4.69. The largest absolute Gasteiger partial charge is 0.313 e. The van der Waals surface area contributed by atoms with E-state index in [4.69, 9.17) is 0 Å². The van der Waals surface area contributed by atoms with E-state index < -0.39 is 0 Å². The first-order chi connectivity index (χ1) is 8.19. The molecular formula is C14H24N2S. The van der Waals surface area contributed by atoms with Crippen molar-refractivity contribution in [1.82, 2.24) is 10.2 Å². The summed E-state index contributed by atoms with van der Waals surface area (Å²) in [5, 5.41) is 3.63. The van der Waals surface area contributed by atoms with Gasteiger partial charge in [-0.3, -0.25) is 4.90 Å². The molecule has 0 saturated carbocycles. The number of nitrogens with one attached hydrogen (secondary N) is 1.